The van der Waals surface area contributed by atoms with Crippen molar-refractivity contribution in [2.24, 2.45) is 5.92 Å². The summed E-state index contributed by atoms with van der Waals surface area (Å²) in [5.74, 6) is -0.181. The Morgan fingerprint density at radius 3 is 2.55 bits per heavy atom. The summed E-state index contributed by atoms with van der Waals surface area (Å²) in [7, 11) is -3.44. The van der Waals surface area contributed by atoms with Gasteiger partial charge in [0.25, 0.3) is 0 Å². The molecule has 0 aliphatic carbocycles. The van der Waals surface area contributed by atoms with E-state index in [1.54, 1.807) is 0 Å². The van der Waals surface area contributed by atoms with E-state index in [4.69, 9.17) is 0 Å². The second-order valence-electron chi connectivity index (χ2n) is 5.62. The van der Waals surface area contributed by atoms with Gasteiger partial charge in [0.1, 0.15) is 6.04 Å². The molecule has 8 heteroatoms. The maximum Gasteiger partial charge on any atom is 0.238 e. The summed E-state index contributed by atoms with van der Waals surface area (Å²) in [5.41, 5.74) is 0. The minimum Gasteiger partial charge on any atom is -0.354 e. The molecule has 0 aromatic rings. The summed E-state index contributed by atoms with van der Waals surface area (Å²) in [6.07, 6.45) is 2.41. The van der Waals surface area contributed by atoms with Crippen LogP contribution in [0.25, 0.3) is 0 Å². The maximum atomic E-state index is 12.2. The summed E-state index contributed by atoms with van der Waals surface area (Å²) in [6.45, 7) is 4.23. The minimum absolute atomic E-state index is 0.0245. The smallest absolute Gasteiger partial charge is 0.238 e. The SMILES string of the molecule is CC(C)CC(NS(C)(=O)=O)C(=O)NC1CCC(=O)NC1. The summed E-state index contributed by atoms with van der Waals surface area (Å²) < 4.78 is 25.0. The van der Waals surface area contributed by atoms with Crippen molar-refractivity contribution in [2.45, 2.75) is 45.2 Å². The number of hydrogen-bond donors (Lipinski definition) is 3. The Kier molecular flexibility index (Phi) is 5.94. The monoisotopic (exact) mass is 305 g/mol. The number of hydrogen-bond acceptors (Lipinski definition) is 4. The highest BCUT2D eigenvalue weighted by atomic mass is 32.2. The average molecular weight is 305 g/mol. The Labute approximate surface area is 119 Å². The van der Waals surface area contributed by atoms with Gasteiger partial charge < -0.3 is 10.6 Å². The van der Waals surface area contributed by atoms with Crippen molar-refractivity contribution < 1.29 is 18.0 Å². The standard InChI is InChI=1S/C12H23N3O4S/c1-8(2)6-10(15-20(3,18)19)12(17)14-9-4-5-11(16)13-7-9/h8-10,15H,4-7H2,1-3H3,(H,13,16)(H,14,17). The largest absolute Gasteiger partial charge is 0.354 e. The first kappa shape index (κ1) is 16.9. The van der Waals surface area contributed by atoms with Crippen molar-refractivity contribution in [3.8, 4) is 0 Å². The minimum atomic E-state index is -3.44. The predicted molar refractivity (Wildman–Crippen MR) is 75.4 cm³/mol. The third-order valence-corrected chi connectivity index (χ3v) is 3.70. The zero-order valence-corrected chi connectivity index (χ0v) is 12.9. The van der Waals surface area contributed by atoms with Crippen LogP contribution in [0.2, 0.25) is 0 Å². The normalized spacial score (nSPS) is 21.4. The van der Waals surface area contributed by atoms with E-state index in [9.17, 15) is 18.0 Å². The molecule has 0 aromatic carbocycles. The van der Waals surface area contributed by atoms with Crippen molar-refractivity contribution in [2.75, 3.05) is 12.8 Å². The van der Waals surface area contributed by atoms with Crippen molar-refractivity contribution in [3.63, 3.8) is 0 Å². The Morgan fingerprint density at radius 1 is 1.45 bits per heavy atom. The van der Waals surface area contributed by atoms with E-state index in [1.807, 2.05) is 13.8 Å². The number of amides is 2. The van der Waals surface area contributed by atoms with Gasteiger partial charge in [-0.15, -0.1) is 0 Å². The van der Waals surface area contributed by atoms with Crippen LogP contribution in [0.5, 0.6) is 0 Å². The number of nitrogens with one attached hydrogen (secondary N) is 3. The zero-order valence-electron chi connectivity index (χ0n) is 12.1. The molecule has 2 atom stereocenters. The third-order valence-electron chi connectivity index (χ3n) is 2.99. The van der Waals surface area contributed by atoms with E-state index in [0.717, 1.165) is 6.26 Å². The van der Waals surface area contributed by atoms with Crippen LogP contribution >= 0.6 is 0 Å². The van der Waals surface area contributed by atoms with E-state index in [1.165, 1.54) is 0 Å². The van der Waals surface area contributed by atoms with Gasteiger partial charge in [0.05, 0.1) is 6.26 Å². The van der Waals surface area contributed by atoms with Gasteiger partial charge >= 0.3 is 0 Å². The quantitative estimate of drug-likeness (QED) is 0.606. The molecule has 1 rings (SSSR count). The highest BCUT2D eigenvalue weighted by Crippen LogP contribution is 2.08. The third kappa shape index (κ3) is 6.33. The molecule has 0 saturated carbocycles. The van der Waals surface area contributed by atoms with E-state index < -0.39 is 16.1 Å². The van der Waals surface area contributed by atoms with Gasteiger partial charge in [-0.2, -0.15) is 0 Å². The Bertz CT molecular complexity index is 451. The van der Waals surface area contributed by atoms with Gasteiger partial charge in [0.15, 0.2) is 0 Å². The fourth-order valence-electron chi connectivity index (χ4n) is 2.10. The molecule has 2 amide bonds. The number of carbonyl (C=O) groups excluding carboxylic acids is 2. The first-order valence-electron chi connectivity index (χ1n) is 6.71. The molecule has 0 radical (unpaired) electrons. The summed E-state index contributed by atoms with van der Waals surface area (Å²) in [6, 6.07) is -0.918. The molecule has 3 N–H and O–H groups in total. The lowest BCUT2D eigenvalue weighted by Gasteiger charge is -2.26. The summed E-state index contributed by atoms with van der Waals surface area (Å²) in [4.78, 5) is 23.2. The second-order valence-corrected chi connectivity index (χ2v) is 7.40. The lowest BCUT2D eigenvalue weighted by molar-refractivity contribution is -0.126. The number of rotatable bonds is 6. The van der Waals surface area contributed by atoms with Crippen molar-refractivity contribution in [1.82, 2.24) is 15.4 Å². The predicted octanol–water partition coefficient (Wildman–Crippen LogP) is -0.655. The lowest BCUT2D eigenvalue weighted by atomic mass is 10.0. The average Bonchev–Trinajstić information content (AvgIpc) is 2.29. The van der Waals surface area contributed by atoms with Gasteiger partial charge in [-0.1, -0.05) is 13.8 Å². The molecular weight excluding hydrogens is 282 g/mol. The lowest BCUT2D eigenvalue weighted by Crippen LogP contribution is -2.54. The van der Waals surface area contributed by atoms with Gasteiger partial charge in [-0.25, -0.2) is 13.1 Å². The van der Waals surface area contributed by atoms with Crippen LogP contribution < -0.4 is 15.4 Å². The Hall–Kier alpha value is -1.15. The molecular formula is C12H23N3O4S. The maximum absolute atomic E-state index is 12.2. The fourth-order valence-corrected chi connectivity index (χ4v) is 2.82. The Balaban J connectivity index is 2.60. The van der Waals surface area contributed by atoms with Crippen LogP contribution in [0.1, 0.15) is 33.1 Å². The van der Waals surface area contributed by atoms with Crippen molar-refractivity contribution in [3.05, 3.63) is 0 Å². The molecule has 1 fully saturated rings. The van der Waals surface area contributed by atoms with Crippen LogP contribution in [0.3, 0.4) is 0 Å². The molecule has 2 unspecified atom stereocenters. The van der Waals surface area contributed by atoms with Crippen LogP contribution in [0.15, 0.2) is 0 Å². The number of piperidine rings is 1. The highest BCUT2D eigenvalue weighted by molar-refractivity contribution is 7.88. The van der Waals surface area contributed by atoms with Crippen LogP contribution in [-0.4, -0.2) is 45.1 Å². The van der Waals surface area contributed by atoms with E-state index in [-0.39, 0.29) is 23.8 Å². The molecule has 7 nitrogen and oxygen atoms in total. The van der Waals surface area contributed by atoms with E-state index >= 15 is 0 Å². The van der Waals surface area contributed by atoms with E-state index in [0.29, 0.717) is 25.8 Å². The Morgan fingerprint density at radius 2 is 2.10 bits per heavy atom. The van der Waals surface area contributed by atoms with Crippen LogP contribution in [0.4, 0.5) is 0 Å². The summed E-state index contributed by atoms with van der Waals surface area (Å²) >= 11 is 0. The first-order chi connectivity index (χ1) is 9.17. The second kappa shape index (κ2) is 7.03. The molecule has 0 bridgehead atoms. The molecule has 0 aromatic heterocycles. The number of sulfonamides is 1. The molecule has 1 heterocycles. The fraction of sp³-hybridized carbons (Fsp3) is 0.833. The number of carbonyl (C=O) groups is 2. The van der Waals surface area contributed by atoms with Gasteiger partial charge in [0.2, 0.25) is 21.8 Å². The van der Waals surface area contributed by atoms with E-state index in [2.05, 4.69) is 15.4 Å². The molecule has 0 spiro atoms. The van der Waals surface area contributed by atoms with Gasteiger partial charge in [0, 0.05) is 19.0 Å². The van der Waals surface area contributed by atoms with Crippen molar-refractivity contribution in [1.29, 1.82) is 0 Å². The summed E-state index contributed by atoms with van der Waals surface area (Å²) in [5, 5.41) is 5.46. The molecule has 1 aliphatic rings. The topological polar surface area (TPSA) is 104 Å². The molecule has 20 heavy (non-hydrogen) atoms. The molecule has 116 valence electrons. The highest BCUT2D eigenvalue weighted by Gasteiger charge is 2.26. The van der Waals surface area contributed by atoms with Crippen LogP contribution in [0, 0.1) is 5.92 Å². The molecule has 1 saturated heterocycles. The van der Waals surface area contributed by atoms with Crippen LogP contribution in [-0.2, 0) is 19.6 Å². The van der Waals surface area contributed by atoms with Gasteiger partial charge in [-0.3, -0.25) is 9.59 Å². The van der Waals surface area contributed by atoms with Crippen molar-refractivity contribution >= 4 is 21.8 Å². The zero-order chi connectivity index (χ0) is 15.3. The van der Waals surface area contributed by atoms with Gasteiger partial charge in [-0.05, 0) is 18.8 Å². The molecule has 1 aliphatic heterocycles. The first-order valence-corrected chi connectivity index (χ1v) is 8.61.